The van der Waals surface area contributed by atoms with Gasteiger partial charge in [0.15, 0.2) is 0 Å². The lowest BCUT2D eigenvalue weighted by Gasteiger charge is -2.17. The third kappa shape index (κ3) is 2.83. The first-order valence-electron chi connectivity index (χ1n) is 7.96. The first-order valence-corrected chi connectivity index (χ1v) is 8.34. The Hall–Kier alpha value is -2.17. The van der Waals surface area contributed by atoms with Gasteiger partial charge in [0.2, 0.25) is 0 Å². The molecule has 3 aromatic rings. The van der Waals surface area contributed by atoms with Gasteiger partial charge in [0.1, 0.15) is 5.65 Å². The van der Waals surface area contributed by atoms with Gasteiger partial charge < -0.3 is 5.11 Å². The third-order valence-corrected chi connectivity index (χ3v) is 4.37. The maximum atomic E-state index is 13.0. The first kappa shape index (κ1) is 16.7. The minimum absolute atomic E-state index is 0.0860. The van der Waals surface area contributed by atoms with E-state index in [-0.39, 0.29) is 12.2 Å². The smallest absolute Gasteiger partial charge is 0.256 e. The van der Waals surface area contributed by atoms with Gasteiger partial charge in [0, 0.05) is 46.8 Å². The lowest BCUT2D eigenvalue weighted by atomic mass is 9.95. The molecule has 2 heterocycles. The molecule has 124 valence electrons. The molecule has 0 radical (unpaired) electrons. The highest BCUT2D eigenvalue weighted by Gasteiger charge is 2.18. The van der Waals surface area contributed by atoms with Gasteiger partial charge in [-0.3, -0.25) is 9.36 Å². The van der Waals surface area contributed by atoms with Gasteiger partial charge >= 0.3 is 0 Å². The Bertz CT molecular complexity index is 963. The van der Waals surface area contributed by atoms with E-state index in [0.29, 0.717) is 29.2 Å². The number of aromatic nitrogens is 2. The van der Waals surface area contributed by atoms with Crippen LogP contribution in [0.5, 0.6) is 0 Å². The van der Waals surface area contributed by atoms with E-state index in [1.54, 1.807) is 10.6 Å². The van der Waals surface area contributed by atoms with Crippen LogP contribution in [0.25, 0.3) is 22.2 Å². The summed E-state index contributed by atoms with van der Waals surface area (Å²) in [5.74, 6) is 0. The lowest BCUT2D eigenvalue weighted by molar-refractivity contribution is 0.299. The number of aryl methyl sites for hydroxylation is 2. The Labute approximate surface area is 145 Å². The molecule has 0 aliphatic rings. The van der Waals surface area contributed by atoms with Crippen LogP contribution in [-0.4, -0.2) is 21.3 Å². The number of rotatable bonds is 4. The van der Waals surface area contributed by atoms with Gasteiger partial charge in [-0.2, -0.15) is 0 Å². The fourth-order valence-corrected chi connectivity index (χ4v) is 3.27. The summed E-state index contributed by atoms with van der Waals surface area (Å²) in [5.41, 5.74) is 3.69. The van der Waals surface area contributed by atoms with Gasteiger partial charge in [0.25, 0.3) is 5.56 Å². The molecule has 0 saturated carbocycles. The molecular weight excluding hydrogens is 324 g/mol. The zero-order chi connectivity index (χ0) is 17.3. The van der Waals surface area contributed by atoms with E-state index < -0.39 is 0 Å². The maximum Gasteiger partial charge on any atom is 0.256 e. The Morgan fingerprint density at radius 2 is 2.04 bits per heavy atom. The van der Waals surface area contributed by atoms with Crippen LogP contribution in [0, 0.1) is 6.92 Å². The second-order valence-corrected chi connectivity index (χ2v) is 6.15. The van der Waals surface area contributed by atoms with Crippen molar-refractivity contribution in [2.24, 2.45) is 0 Å². The number of aliphatic hydroxyl groups is 1. The summed E-state index contributed by atoms with van der Waals surface area (Å²) in [7, 11) is 0. The van der Waals surface area contributed by atoms with Gasteiger partial charge in [0.05, 0.1) is 0 Å². The fourth-order valence-electron chi connectivity index (χ4n) is 3.08. The van der Waals surface area contributed by atoms with Gasteiger partial charge in [-0.15, -0.1) is 0 Å². The highest BCUT2D eigenvalue weighted by Crippen LogP contribution is 2.31. The molecule has 0 aliphatic carbocycles. The third-order valence-electron chi connectivity index (χ3n) is 4.14. The van der Waals surface area contributed by atoms with Crippen LogP contribution >= 0.6 is 11.6 Å². The minimum atomic E-state index is -0.105. The Balaban J connectivity index is 2.50. The van der Waals surface area contributed by atoms with Crippen LogP contribution in [0.4, 0.5) is 0 Å². The summed E-state index contributed by atoms with van der Waals surface area (Å²) >= 11 is 6.15. The molecule has 0 fully saturated rings. The average Bonchev–Trinajstić information content (AvgIpc) is 2.56. The molecule has 0 saturated heterocycles. The van der Waals surface area contributed by atoms with E-state index in [0.717, 1.165) is 22.2 Å². The second kappa shape index (κ2) is 6.75. The average molecular weight is 343 g/mol. The predicted octanol–water partition coefficient (Wildman–Crippen LogP) is 3.58. The van der Waals surface area contributed by atoms with Crippen molar-refractivity contribution >= 4 is 22.6 Å². The van der Waals surface area contributed by atoms with Crippen molar-refractivity contribution in [1.29, 1.82) is 0 Å². The molecule has 2 aromatic heterocycles. The number of aliphatic hydroxyl groups excluding tert-OH is 1. The molecule has 1 N–H and O–H groups in total. The van der Waals surface area contributed by atoms with Crippen LogP contribution in [-0.2, 0) is 13.0 Å². The molecule has 4 nitrogen and oxygen atoms in total. The number of benzene rings is 1. The quantitative estimate of drug-likeness (QED) is 0.788. The number of halogens is 1. The maximum absolute atomic E-state index is 13.0. The van der Waals surface area contributed by atoms with Crippen molar-refractivity contribution in [2.75, 3.05) is 6.61 Å². The first-order chi connectivity index (χ1) is 11.6. The van der Waals surface area contributed by atoms with Crippen molar-refractivity contribution < 1.29 is 5.11 Å². The molecule has 0 amide bonds. The van der Waals surface area contributed by atoms with Gasteiger partial charge in [-0.1, -0.05) is 23.7 Å². The summed E-state index contributed by atoms with van der Waals surface area (Å²) in [6, 6.07) is 11.3. The van der Waals surface area contributed by atoms with Gasteiger partial charge in [-0.25, -0.2) is 4.98 Å². The summed E-state index contributed by atoms with van der Waals surface area (Å²) < 4.78 is 1.67. The van der Waals surface area contributed by atoms with E-state index in [2.05, 4.69) is 4.98 Å². The predicted molar refractivity (Wildman–Crippen MR) is 97.6 cm³/mol. The van der Waals surface area contributed by atoms with Crippen LogP contribution in [0.1, 0.15) is 18.2 Å². The molecule has 0 spiro atoms. The molecule has 0 atom stereocenters. The van der Waals surface area contributed by atoms with Crippen LogP contribution in [0.3, 0.4) is 0 Å². The van der Waals surface area contributed by atoms with Crippen LogP contribution in [0.15, 0.2) is 41.2 Å². The van der Waals surface area contributed by atoms with E-state index in [9.17, 15) is 9.90 Å². The zero-order valence-electron chi connectivity index (χ0n) is 13.7. The molecule has 0 unspecified atom stereocenters. The van der Waals surface area contributed by atoms with Crippen molar-refractivity contribution in [1.82, 2.24) is 9.55 Å². The van der Waals surface area contributed by atoms with Crippen molar-refractivity contribution in [2.45, 2.75) is 26.8 Å². The van der Waals surface area contributed by atoms with Crippen molar-refractivity contribution in [3.8, 4) is 11.1 Å². The summed E-state index contributed by atoms with van der Waals surface area (Å²) in [6.07, 6.45) is 0.296. The van der Waals surface area contributed by atoms with E-state index >= 15 is 0 Å². The number of hydrogen-bond donors (Lipinski definition) is 1. The van der Waals surface area contributed by atoms with Crippen LogP contribution < -0.4 is 5.56 Å². The lowest BCUT2D eigenvalue weighted by Crippen LogP contribution is -2.26. The molecule has 3 rings (SSSR count). The topological polar surface area (TPSA) is 55.1 Å². The van der Waals surface area contributed by atoms with E-state index in [4.69, 9.17) is 11.6 Å². The minimum Gasteiger partial charge on any atom is -0.396 e. The molecule has 1 aromatic carbocycles. The van der Waals surface area contributed by atoms with Gasteiger partial charge in [-0.05, 0) is 43.7 Å². The number of nitrogens with zero attached hydrogens (tertiary/aromatic N) is 2. The number of pyridine rings is 2. The Kier molecular flexibility index (Phi) is 4.69. The normalized spacial score (nSPS) is 11.2. The second-order valence-electron chi connectivity index (χ2n) is 5.71. The molecule has 0 aliphatic heterocycles. The number of hydrogen-bond acceptors (Lipinski definition) is 3. The molecule has 5 heteroatoms. The molecule has 24 heavy (non-hydrogen) atoms. The Morgan fingerprint density at radius 3 is 2.71 bits per heavy atom. The summed E-state index contributed by atoms with van der Waals surface area (Å²) in [4.78, 5) is 17.6. The highest BCUT2D eigenvalue weighted by atomic mass is 35.5. The molecule has 0 bridgehead atoms. The fraction of sp³-hybridized carbons (Fsp3) is 0.263. The molecular formula is C19H19ClN2O2. The zero-order valence-corrected chi connectivity index (χ0v) is 14.5. The van der Waals surface area contributed by atoms with E-state index in [1.165, 1.54) is 0 Å². The highest BCUT2D eigenvalue weighted by molar-refractivity contribution is 6.30. The SMILES string of the molecule is CCn1c(=O)c(CCO)c(-c2cccc(Cl)c2)c2ccc(C)nc21. The standard InChI is InChI=1S/C19H19ClN2O2/c1-3-22-18-15(8-7-12(2)21-18)17(16(9-10-23)19(22)24)13-5-4-6-14(20)11-13/h4-8,11,23H,3,9-10H2,1-2H3. The van der Waals surface area contributed by atoms with E-state index in [1.807, 2.05) is 44.2 Å². The monoisotopic (exact) mass is 342 g/mol. The number of fused-ring (bicyclic) bond motifs is 1. The van der Waals surface area contributed by atoms with Crippen LogP contribution in [0.2, 0.25) is 5.02 Å². The summed E-state index contributed by atoms with van der Waals surface area (Å²) in [6.45, 7) is 4.27. The largest absolute Gasteiger partial charge is 0.396 e. The van der Waals surface area contributed by atoms with Crippen molar-refractivity contribution in [3.05, 3.63) is 63.0 Å². The summed E-state index contributed by atoms with van der Waals surface area (Å²) in [5, 5.41) is 11.0. The van der Waals surface area contributed by atoms with Crippen molar-refractivity contribution in [3.63, 3.8) is 0 Å². The Morgan fingerprint density at radius 1 is 1.25 bits per heavy atom.